The lowest BCUT2D eigenvalue weighted by atomic mass is 9.96. The minimum atomic E-state index is -0.579. The van der Waals surface area contributed by atoms with Gasteiger partial charge in [0, 0.05) is 6.20 Å². The van der Waals surface area contributed by atoms with Gasteiger partial charge in [-0.05, 0) is 25.0 Å². The Labute approximate surface area is 93.6 Å². The molecule has 16 heavy (non-hydrogen) atoms. The van der Waals surface area contributed by atoms with E-state index < -0.39 is 5.54 Å². The van der Waals surface area contributed by atoms with Crippen LogP contribution < -0.4 is 0 Å². The van der Waals surface area contributed by atoms with Crippen molar-refractivity contribution in [2.24, 2.45) is 4.99 Å². The highest BCUT2D eigenvalue weighted by atomic mass is 16.5. The smallest absolute Gasteiger partial charge is 0.278 e. The molecule has 1 amide bonds. The summed E-state index contributed by atoms with van der Waals surface area (Å²) in [5.74, 6) is 1.18. The maximum absolute atomic E-state index is 12.0. The topological polar surface area (TPSA) is 41.9 Å². The van der Waals surface area contributed by atoms with Crippen LogP contribution >= 0.6 is 0 Å². The number of rotatable bonds is 1. The lowest BCUT2D eigenvalue weighted by molar-refractivity contribution is -0.122. The van der Waals surface area contributed by atoms with Gasteiger partial charge in [-0.15, -0.1) is 0 Å². The fraction of sp³-hybridized carbons (Fsp3) is 0.333. The van der Waals surface area contributed by atoms with Crippen molar-refractivity contribution in [1.82, 2.24) is 4.90 Å². The third-order valence-electron chi connectivity index (χ3n) is 3.24. The summed E-state index contributed by atoms with van der Waals surface area (Å²) < 4.78 is 5.22. The Morgan fingerprint density at radius 2 is 2.44 bits per heavy atom. The van der Waals surface area contributed by atoms with E-state index in [-0.39, 0.29) is 5.91 Å². The van der Waals surface area contributed by atoms with Gasteiger partial charge in [0.1, 0.15) is 5.54 Å². The molecule has 3 rings (SSSR count). The summed E-state index contributed by atoms with van der Waals surface area (Å²) in [6, 6.07) is 0. The summed E-state index contributed by atoms with van der Waals surface area (Å²) in [6.07, 6.45) is 11.3. The summed E-state index contributed by atoms with van der Waals surface area (Å²) in [5, 5.41) is 0. The van der Waals surface area contributed by atoms with E-state index in [0.717, 1.165) is 12.8 Å². The number of fused-ring (bicyclic) bond motifs is 2. The standard InChI is InChI=1S/C12H12N2O2/c1-16-9-5-4-8-14-10(9)13-11(15)12(14)6-2-3-7-12/h2,4-6,8H,3,7H2,1H3. The molecule has 4 heteroatoms. The van der Waals surface area contributed by atoms with Crippen molar-refractivity contribution in [1.29, 1.82) is 0 Å². The fourth-order valence-corrected chi connectivity index (χ4v) is 2.41. The molecule has 0 radical (unpaired) electrons. The number of nitrogens with zero attached hydrogens (tertiary/aromatic N) is 2. The van der Waals surface area contributed by atoms with Crippen LogP contribution in [0.3, 0.4) is 0 Å². The molecule has 4 nitrogen and oxygen atoms in total. The molecule has 0 aromatic carbocycles. The highest BCUT2D eigenvalue weighted by Crippen LogP contribution is 2.38. The molecule has 1 aliphatic carbocycles. The molecular weight excluding hydrogens is 204 g/mol. The molecule has 0 bridgehead atoms. The number of allylic oxidation sites excluding steroid dienone is 3. The van der Waals surface area contributed by atoms with Crippen molar-refractivity contribution in [3.8, 4) is 0 Å². The van der Waals surface area contributed by atoms with Crippen LogP contribution in [0.5, 0.6) is 0 Å². The van der Waals surface area contributed by atoms with Gasteiger partial charge in [0.15, 0.2) is 11.6 Å². The minimum absolute atomic E-state index is 0.0919. The molecule has 0 aromatic rings. The molecule has 0 saturated carbocycles. The van der Waals surface area contributed by atoms with E-state index in [1.165, 1.54) is 0 Å². The number of amidine groups is 1. The largest absolute Gasteiger partial charge is 0.493 e. The highest BCUT2D eigenvalue weighted by molar-refractivity contribution is 6.14. The zero-order valence-electron chi connectivity index (χ0n) is 9.01. The Hall–Kier alpha value is -1.84. The first-order valence-corrected chi connectivity index (χ1v) is 5.31. The van der Waals surface area contributed by atoms with Crippen molar-refractivity contribution in [3.05, 3.63) is 36.3 Å². The molecular formula is C12H12N2O2. The number of ether oxygens (including phenoxy) is 1. The van der Waals surface area contributed by atoms with Gasteiger partial charge in [-0.3, -0.25) is 4.79 Å². The maximum Gasteiger partial charge on any atom is 0.278 e. The van der Waals surface area contributed by atoms with E-state index in [4.69, 9.17) is 4.74 Å². The van der Waals surface area contributed by atoms with Gasteiger partial charge >= 0.3 is 0 Å². The molecule has 1 unspecified atom stereocenters. The van der Waals surface area contributed by atoms with Gasteiger partial charge < -0.3 is 9.64 Å². The van der Waals surface area contributed by atoms with Crippen LogP contribution in [0.15, 0.2) is 41.3 Å². The van der Waals surface area contributed by atoms with Gasteiger partial charge in [0.05, 0.1) is 7.11 Å². The van der Waals surface area contributed by atoms with E-state index in [2.05, 4.69) is 4.99 Å². The van der Waals surface area contributed by atoms with Crippen LogP contribution in [0.1, 0.15) is 12.8 Å². The molecule has 3 aliphatic rings. The predicted molar refractivity (Wildman–Crippen MR) is 59.6 cm³/mol. The lowest BCUT2D eigenvalue weighted by Gasteiger charge is -2.32. The predicted octanol–water partition coefficient (Wildman–Crippen LogP) is 1.37. The second-order valence-corrected chi connectivity index (χ2v) is 4.05. The van der Waals surface area contributed by atoms with E-state index in [0.29, 0.717) is 11.6 Å². The third kappa shape index (κ3) is 0.988. The molecule has 1 atom stereocenters. The number of amides is 1. The van der Waals surface area contributed by atoms with E-state index in [1.54, 1.807) is 7.11 Å². The molecule has 0 saturated heterocycles. The average molecular weight is 216 g/mol. The summed E-state index contributed by atoms with van der Waals surface area (Å²) >= 11 is 0. The Kier molecular flexibility index (Phi) is 1.80. The first-order chi connectivity index (χ1) is 7.78. The van der Waals surface area contributed by atoms with Crippen molar-refractivity contribution in [2.45, 2.75) is 18.4 Å². The fourth-order valence-electron chi connectivity index (χ4n) is 2.41. The van der Waals surface area contributed by atoms with Gasteiger partial charge in [-0.25, -0.2) is 0 Å². The Morgan fingerprint density at radius 1 is 1.56 bits per heavy atom. The van der Waals surface area contributed by atoms with Crippen LogP contribution in [0, 0.1) is 0 Å². The highest BCUT2D eigenvalue weighted by Gasteiger charge is 2.50. The second-order valence-electron chi connectivity index (χ2n) is 4.05. The van der Waals surface area contributed by atoms with Gasteiger partial charge in [0.2, 0.25) is 0 Å². The number of carbonyl (C=O) groups excluding carboxylic acids is 1. The molecule has 0 fully saturated rings. The van der Waals surface area contributed by atoms with Crippen LogP contribution in [0.25, 0.3) is 0 Å². The monoisotopic (exact) mass is 216 g/mol. The van der Waals surface area contributed by atoms with Crippen LogP contribution in [-0.2, 0) is 9.53 Å². The molecule has 0 aromatic heterocycles. The normalized spacial score (nSPS) is 30.8. The van der Waals surface area contributed by atoms with Crippen LogP contribution in [0.4, 0.5) is 0 Å². The summed E-state index contributed by atoms with van der Waals surface area (Å²) in [6.45, 7) is 0. The van der Waals surface area contributed by atoms with Crippen molar-refractivity contribution < 1.29 is 9.53 Å². The number of aliphatic imine (C=N–C) groups is 1. The summed E-state index contributed by atoms with van der Waals surface area (Å²) in [5.41, 5.74) is -0.579. The van der Waals surface area contributed by atoms with Crippen molar-refractivity contribution >= 4 is 11.7 Å². The molecule has 82 valence electrons. The number of carbonyl (C=O) groups is 1. The van der Waals surface area contributed by atoms with E-state index in [1.807, 2.05) is 35.4 Å². The molecule has 0 N–H and O–H groups in total. The summed E-state index contributed by atoms with van der Waals surface area (Å²) in [4.78, 5) is 18.0. The molecule has 1 spiro atoms. The van der Waals surface area contributed by atoms with Crippen molar-refractivity contribution in [2.75, 3.05) is 7.11 Å². The second kappa shape index (κ2) is 3.07. The average Bonchev–Trinajstić information content (AvgIpc) is 2.88. The Morgan fingerprint density at radius 3 is 3.12 bits per heavy atom. The zero-order valence-corrected chi connectivity index (χ0v) is 9.01. The van der Waals surface area contributed by atoms with Crippen LogP contribution in [0.2, 0.25) is 0 Å². The number of hydrogen-bond acceptors (Lipinski definition) is 3. The minimum Gasteiger partial charge on any atom is -0.493 e. The zero-order chi connectivity index (χ0) is 11.2. The van der Waals surface area contributed by atoms with E-state index >= 15 is 0 Å². The van der Waals surface area contributed by atoms with Gasteiger partial charge in [-0.2, -0.15) is 4.99 Å². The van der Waals surface area contributed by atoms with Crippen molar-refractivity contribution in [3.63, 3.8) is 0 Å². The quantitative estimate of drug-likeness (QED) is 0.622. The Balaban J connectivity index is 2.08. The maximum atomic E-state index is 12.0. The van der Waals surface area contributed by atoms with E-state index in [9.17, 15) is 4.79 Å². The number of hydrogen-bond donors (Lipinski definition) is 0. The first-order valence-electron chi connectivity index (χ1n) is 5.31. The van der Waals surface area contributed by atoms with Crippen LogP contribution in [-0.4, -0.2) is 29.3 Å². The SMILES string of the molecule is COC1=CC=CN2C1=NC(=O)C21C=CCC1. The first kappa shape index (κ1) is 9.39. The van der Waals surface area contributed by atoms with Gasteiger partial charge in [-0.1, -0.05) is 12.2 Å². The molecule has 2 heterocycles. The molecule has 2 aliphatic heterocycles. The third-order valence-corrected chi connectivity index (χ3v) is 3.24. The van der Waals surface area contributed by atoms with Gasteiger partial charge in [0.25, 0.3) is 5.91 Å². The Bertz CT molecular complexity index is 473. The lowest BCUT2D eigenvalue weighted by Crippen LogP contribution is -2.46. The summed E-state index contributed by atoms with van der Waals surface area (Å²) in [7, 11) is 1.59. The number of methoxy groups -OCH3 is 1.